The fourth-order valence-electron chi connectivity index (χ4n) is 3.52. The molecule has 4 rings (SSSR count). The second kappa shape index (κ2) is 6.87. The van der Waals surface area contributed by atoms with E-state index in [1.165, 1.54) is 12.1 Å². The van der Waals surface area contributed by atoms with E-state index in [9.17, 15) is 26.3 Å². The van der Waals surface area contributed by atoms with Crippen molar-refractivity contribution < 1.29 is 26.3 Å². The molecule has 2 atom stereocenters. The third-order valence-corrected chi connectivity index (χ3v) is 4.92. The highest BCUT2D eigenvalue weighted by atomic mass is 19.4. The molecule has 2 aromatic heterocycles. The standard InChI is InChI=1S/C17H14F6N6/c18-10-6-12(20)11(19)5-9(10)8-3-4-28(7-13(8)24)15-2-1-14-25-26-16(17(21,22)23)29(14)27-15/h1-2,5-6,8,13H,3-4,7,24H2/t8?,13-/m0/s1. The Labute approximate surface area is 159 Å². The van der Waals surface area contributed by atoms with Gasteiger partial charge in [-0.25, -0.2) is 13.2 Å². The molecule has 0 amide bonds. The van der Waals surface area contributed by atoms with Gasteiger partial charge in [-0.15, -0.1) is 15.3 Å². The molecule has 6 nitrogen and oxygen atoms in total. The molecule has 154 valence electrons. The minimum Gasteiger partial charge on any atom is -0.354 e. The number of halogens is 6. The Morgan fingerprint density at radius 2 is 1.72 bits per heavy atom. The summed E-state index contributed by atoms with van der Waals surface area (Å²) >= 11 is 0. The third-order valence-electron chi connectivity index (χ3n) is 4.92. The van der Waals surface area contributed by atoms with E-state index in [1.807, 2.05) is 0 Å². The monoisotopic (exact) mass is 416 g/mol. The summed E-state index contributed by atoms with van der Waals surface area (Å²) in [6, 6.07) is 3.42. The van der Waals surface area contributed by atoms with E-state index in [2.05, 4.69) is 15.3 Å². The molecule has 1 aliphatic heterocycles. The van der Waals surface area contributed by atoms with Gasteiger partial charge in [-0.3, -0.25) is 0 Å². The first kappa shape index (κ1) is 19.4. The van der Waals surface area contributed by atoms with Crippen LogP contribution >= 0.6 is 0 Å². The average molecular weight is 416 g/mol. The quantitative estimate of drug-likeness (QED) is 0.514. The lowest BCUT2D eigenvalue weighted by atomic mass is 9.85. The molecule has 0 bridgehead atoms. The Kier molecular flexibility index (Phi) is 4.60. The molecular formula is C17H14F6N6. The van der Waals surface area contributed by atoms with E-state index in [0.717, 1.165) is 6.07 Å². The topological polar surface area (TPSA) is 72.3 Å². The fraction of sp³-hybridized carbons (Fsp3) is 0.353. The Balaban J connectivity index is 1.60. The number of nitrogens with zero attached hydrogens (tertiary/aromatic N) is 5. The van der Waals surface area contributed by atoms with Gasteiger partial charge >= 0.3 is 6.18 Å². The third kappa shape index (κ3) is 3.48. The van der Waals surface area contributed by atoms with Gasteiger partial charge in [0.25, 0.3) is 5.82 Å². The van der Waals surface area contributed by atoms with Crippen LogP contribution < -0.4 is 10.6 Å². The highest BCUT2D eigenvalue weighted by molar-refractivity contribution is 5.47. The van der Waals surface area contributed by atoms with Crippen molar-refractivity contribution in [2.75, 3.05) is 18.0 Å². The molecule has 3 aromatic rings. The van der Waals surface area contributed by atoms with Crippen molar-refractivity contribution in [3.05, 3.63) is 53.1 Å². The van der Waals surface area contributed by atoms with E-state index >= 15 is 0 Å². The van der Waals surface area contributed by atoms with Crippen LogP contribution in [0.5, 0.6) is 0 Å². The van der Waals surface area contributed by atoms with Crippen LogP contribution in [-0.4, -0.2) is 38.9 Å². The van der Waals surface area contributed by atoms with Gasteiger partial charge in [-0.2, -0.15) is 17.7 Å². The molecule has 0 aliphatic carbocycles. The van der Waals surface area contributed by atoms with Gasteiger partial charge in [-0.05, 0) is 30.2 Å². The largest absolute Gasteiger partial charge is 0.453 e. The number of rotatable bonds is 2. The molecule has 1 aromatic carbocycles. The maximum Gasteiger partial charge on any atom is 0.453 e. The number of nitrogens with two attached hydrogens (primary N) is 1. The zero-order valence-electron chi connectivity index (χ0n) is 14.7. The summed E-state index contributed by atoms with van der Waals surface area (Å²) in [6.45, 7) is 0.407. The smallest absolute Gasteiger partial charge is 0.354 e. The Hall–Kier alpha value is -2.89. The van der Waals surface area contributed by atoms with Gasteiger partial charge in [-0.1, -0.05) is 0 Å². The van der Waals surface area contributed by atoms with E-state index in [4.69, 9.17) is 5.73 Å². The lowest BCUT2D eigenvalue weighted by Gasteiger charge is -2.37. The zero-order chi connectivity index (χ0) is 20.9. The predicted molar refractivity (Wildman–Crippen MR) is 89.6 cm³/mol. The first-order valence-corrected chi connectivity index (χ1v) is 8.60. The van der Waals surface area contributed by atoms with Crippen molar-refractivity contribution in [2.45, 2.75) is 24.6 Å². The van der Waals surface area contributed by atoms with Gasteiger partial charge in [0.15, 0.2) is 17.3 Å². The van der Waals surface area contributed by atoms with Gasteiger partial charge in [0.2, 0.25) is 0 Å². The van der Waals surface area contributed by atoms with Crippen LogP contribution in [-0.2, 0) is 6.18 Å². The first-order valence-electron chi connectivity index (χ1n) is 8.60. The van der Waals surface area contributed by atoms with Crippen molar-refractivity contribution in [3.8, 4) is 0 Å². The molecule has 0 radical (unpaired) electrons. The van der Waals surface area contributed by atoms with Crippen LogP contribution in [0.15, 0.2) is 24.3 Å². The number of benzene rings is 1. The molecule has 1 aliphatic rings. The number of hydrogen-bond acceptors (Lipinski definition) is 5. The van der Waals surface area contributed by atoms with Crippen molar-refractivity contribution >= 4 is 11.5 Å². The number of alkyl halides is 3. The fourth-order valence-corrected chi connectivity index (χ4v) is 3.52. The number of anilines is 1. The molecule has 0 saturated carbocycles. The first-order chi connectivity index (χ1) is 13.6. The molecule has 29 heavy (non-hydrogen) atoms. The summed E-state index contributed by atoms with van der Waals surface area (Å²) in [7, 11) is 0. The van der Waals surface area contributed by atoms with Gasteiger partial charge in [0, 0.05) is 31.1 Å². The number of aromatic nitrogens is 4. The normalized spacial score (nSPS) is 20.4. The highest BCUT2D eigenvalue weighted by Gasteiger charge is 2.38. The van der Waals surface area contributed by atoms with Crippen LogP contribution in [0.4, 0.5) is 32.2 Å². The lowest BCUT2D eigenvalue weighted by Crippen LogP contribution is -2.48. The van der Waals surface area contributed by atoms with Crippen molar-refractivity contribution in [1.82, 2.24) is 19.8 Å². The SMILES string of the molecule is N[C@H]1CN(c2ccc3nnc(C(F)(F)F)n3n2)CCC1c1cc(F)c(F)cc1F. The summed E-state index contributed by atoms with van der Waals surface area (Å²) in [4.78, 5) is 1.64. The maximum absolute atomic E-state index is 14.1. The Morgan fingerprint density at radius 3 is 2.41 bits per heavy atom. The number of piperidine rings is 1. The number of fused-ring (bicyclic) bond motifs is 1. The van der Waals surface area contributed by atoms with Gasteiger partial charge in [0.1, 0.15) is 11.6 Å². The lowest BCUT2D eigenvalue weighted by molar-refractivity contribution is -0.146. The van der Waals surface area contributed by atoms with Gasteiger partial charge in [0.05, 0.1) is 0 Å². The summed E-state index contributed by atoms with van der Waals surface area (Å²) in [5.74, 6) is -4.97. The van der Waals surface area contributed by atoms with Crippen molar-refractivity contribution in [3.63, 3.8) is 0 Å². The zero-order valence-corrected chi connectivity index (χ0v) is 14.7. The highest BCUT2D eigenvalue weighted by Crippen LogP contribution is 2.32. The summed E-state index contributed by atoms with van der Waals surface area (Å²) < 4.78 is 80.5. The van der Waals surface area contributed by atoms with Crippen LogP contribution in [0.1, 0.15) is 23.7 Å². The van der Waals surface area contributed by atoms with Crippen LogP contribution in [0, 0.1) is 17.5 Å². The van der Waals surface area contributed by atoms with Crippen LogP contribution in [0.3, 0.4) is 0 Å². The van der Waals surface area contributed by atoms with Crippen molar-refractivity contribution in [1.29, 1.82) is 0 Å². The Bertz CT molecular complexity index is 1060. The van der Waals surface area contributed by atoms with Gasteiger partial charge < -0.3 is 10.6 Å². The molecule has 1 saturated heterocycles. The van der Waals surface area contributed by atoms with E-state index in [0.29, 0.717) is 10.6 Å². The van der Waals surface area contributed by atoms with Crippen LogP contribution in [0.25, 0.3) is 5.65 Å². The molecule has 3 heterocycles. The molecule has 2 N–H and O–H groups in total. The van der Waals surface area contributed by atoms with E-state index in [-0.39, 0.29) is 36.5 Å². The Morgan fingerprint density at radius 1 is 1.00 bits per heavy atom. The molecule has 0 spiro atoms. The molecule has 12 heteroatoms. The average Bonchev–Trinajstić information content (AvgIpc) is 3.08. The summed E-state index contributed by atoms with van der Waals surface area (Å²) in [5.41, 5.74) is 6.03. The second-order valence-electron chi connectivity index (χ2n) is 6.78. The second-order valence-corrected chi connectivity index (χ2v) is 6.78. The summed E-state index contributed by atoms with van der Waals surface area (Å²) in [5, 5.41) is 10.5. The predicted octanol–water partition coefficient (Wildman–Crippen LogP) is 2.88. The molecule has 1 fully saturated rings. The number of hydrogen-bond donors (Lipinski definition) is 1. The molecular weight excluding hydrogens is 402 g/mol. The minimum atomic E-state index is -4.72. The maximum atomic E-state index is 14.1. The van der Waals surface area contributed by atoms with E-state index in [1.54, 1.807) is 4.90 Å². The summed E-state index contributed by atoms with van der Waals surface area (Å²) in [6.07, 6.45) is -4.45. The van der Waals surface area contributed by atoms with Crippen molar-refractivity contribution in [2.24, 2.45) is 5.73 Å². The minimum absolute atomic E-state index is 0.0300. The van der Waals surface area contributed by atoms with E-state index < -0.39 is 41.4 Å². The molecule has 1 unspecified atom stereocenters. The van der Waals surface area contributed by atoms with Crippen LogP contribution in [0.2, 0.25) is 0 Å².